The Balaban J connectivity index is 2.71. The van der Waals surface area contributed by atoms with Gasteiger partial charge in [0.2, 0.25) is 10.0 Å². The summed E-state index contributed by atoms with van der Waals surface area (Å²) in [7, 11) is -3.49. The van der Waals surface area contributed by atoms with Crippen molar-refractivity contribution in [2.24, 2.45) is 5.73 Å². The molecule has 7 heteroatoms. The second-order valence-electron chi connectivity index (χ2n) is 4.19. The van der Waals surface area contributed by atoms with Gasteiger partial charge < -0.3 is 10.5 Å². The molecule has 0 fully saturated rings. The summed E-state index contributed by atoms with van der Waals surface area (Å²) in [5.41, 5.74) is 6.28. The fourth-order valence-electron chi connectivity index (χ4n) is 1.53. The van der Waals surface area contributed by atoms with Crippen LogP contribution in [0.4, 0.5) is 0 Å². The molecule has 3 N–H and O–H groups in total. The zero-order valence-electron chi connectivity index (χ0n) is 10.9. The van der Waals surface area contributed by atoms with Gasteiger partial charge in [-0.05, 0) is 31.7 Å². The predicted molar refractivity (Wildman–Crippen MR) is 73.2 cm³/mol. The van der Waals surface area contributed by atoms with Crippen LogP contribution in [0.15, 0.2) is 10.3 Å². The van der Waals surface area contributed by atoms with Crippen molar-refractivity contribution >= 4 is 21.4 Å². The van der Waals surface area contributed by atoms with Gasteiger partial charge in [0.05, 0.1) is 12.7 Å². The van der Waals surface area contributed by atoms with Crippen molar-refractivity contribution in [3.05, 3.63) is 15.8 Å². The Morgan fingerprint density at radius 1 is 1.50 bits per heavy atom. The van der Waals surface area contributed by atoms with Gasteiger partial charge >= 0.3 is 0 Å². The second kappa shape index (κ2) is 6.63. The summed E-state index contributed by atoms with van der Waals surface area (Å²) in [6, 6.07) is 0. The van der Waals surface area contributed by atoms with E-state index in [0.717, 1.165) is 5.56 Å². The molecule has 0 aliphatic carbocycles. The highest BCUT2D eigenvalue weighted by atomic mass is 32.2. The van der Waals surface area contributed by atoms with Gasteiger partial charge in [-0.15, -0.1) is 11.3 Å². The van der Waals surface area contributed by atoms with Crippen LogP contribution in [0.2, 0.25) is 0 Å². The molecule has 1 heterocycles. The van der Waals surface area contributed by atoms with Gasteiger partial charge in [0, 0.05) is 18.0 Å². The van der Waals surface area contributed by atoms with Crippen LogP contribution in [-0.4, -0.2) is 27.7 Å². The van der Waals surface area contributed by atoms with E-state index in [1.165, 1.54) is 11.3 Å². The number of ether oxygens (including phenoxy) is 1. The lowest BCUT2D eigenvalue weighted by Gasteiger charge is -2.10. The quantitative estimate of drug-likeness (QED) is 0.740. The summed E-state index contributed by atoms with van der Waals surface area (Å²) in [5, 5.41) is 1.81. The Morgan fingerprint density at radius 2 is 2.17 bits per heavy atom. The number of hydrogen-bond donors (Lipinski definition) is 2. The largest absolute Gasteiger partial charge is 0.377 e. The van der Waals surface area contributed by atoms with Crippen molar-refractivity contribution in [1.29, 1.82) is 0 Å². The minimum Gasteiger partial charge on any atom is -0.377 e. The van der Waals surface area contributed by atoms with Crippen molar-refractivity contribution in [3.8, 4) is 0 Å². The predicted octanol–water partition coefficient (Wildman–Crippen LogP) is 1.22. The van der Waals surface area contributed by atoms with Gasteiger partial charge in [-0.1, -0.05) is 0 Å². The lowest BCUT2D eigenvalue weighted by Crippen LogP contribution is -2.29. The van der Waals surface area contributed by atoms with E-state index in [4.69, 9.17) is 10.5 Å². The molecule has 0 spiro atoms. The first-order valence-electron chi connectivity index (χ1n) is 5.76. The molecule has 0 amide bonds. The van der Waals surface area contributed by atoms with Gasteiger partial charge in [-0.3, -0.25) is 0 Å². The molecule has 0 aromatic carbocycles. The lowest BCUT2D eigenvalue weighted by molar-refractivity contribution is 0.0834. The third-order valence-electron chi connectivity index (χ3n) is 2.29. The molecule has 5 nitrogen and oxygen atoms in total. The summed E-state index contributed by atoms with van der Waals surface area (Å²) in [6.45, 7) is 6.44. The minimum absolute atomic E-state index is 0.0944. The van der Waals surface area contributed by atoms with Crippen molar-refractivity contribution in [2.45, 2.75) is 38.3 Å². The first-order valence-corrected chi connectivity index (χ1v) is 8.13. The Kier molecular flexibility index (Phi) is 5.74. The zero-order valence-corrected chi connectivity index (χ0v) is 12.5. The van der Waals surface area contributed by atoms with Crippen LogP contribution in [0.5, 0.6) is 0 Å². The number of sulfonamides is 1. The molecule has 0 aliphatic heterocycles. The number of hydrogen-bond acceptors (Lipinski definition) is 5. The van der Waals surface area contributed by atoms with Crippen molar-refractivity contribution in [1.82, 2.24) is 4.72 Å². The first-order chi connectivity index (χ1) is 8.38. The molecule has 104 valence electrons. The average molecular weight is 292 g/mol. The minimum atomic E-state index is -3.49. The maximum Gasteiger partial charge on any atom is 0.242 e. The van der Waals surface area contributed by atoms with Crippen LogP contribution < -0.4 is 10.5 Å². The maximum absolute atomic E-state index is 12.1. The third kappa shape index (κ3) is 4.03. The summed E-state index contributed by atoms with van der Waals surface area (Å²) in [4.78, 5) is 1.00. The molecule has 0 saturated carbocycles. The smallest absolute Gasteiger partial charge is 0.242 e. The molecule has 0 aliphatic rings. The molecule has 1 aromatic rings. The summed E-state index contributed by atoms with van der Waals surface area (Å²) in [5.74, 6) is 0. The number of nitrogens with two attached hydrogens (primary N) is 1. The normalized spacial score (nSPS) is 12.3. The van der Waals surface area contributed by atoms with Crippen LogP contribution in [-0.2, 0) is 21.3 Å². The highest BCUT2D eigenvalue weighted by Crippen LogP contribution is 2.26. The SMILES string of the molecule is Cc1csc(CN)c1S(=O)(=O)NCCOC(C)C. The van der Waals surface area contributed by atoms with Gasteiger partial charge in [0.25, 0.3) is 0 Å². The fraction of sp³-hybridized carbons (Fsp3) is 0.636. The molecule has 18 heavy (non-hydrogen) atoms. The van der Waals surface area contributed by atoms with E-state index in [1.807, 2.05) is 13.8 Å². The molecule has 0 bridgehead atoms. The average Bonchev–Trinajstić information content (AvgIpc) is 2.66. The zero-order chi connectivity index (χ0) is 13.8. The van der Waals surface area contributed by atoms with Crippen molar-refractivity contribution < 1.29 is 13.2 Å². The number of rotatable bonds is 7. The summed E-state index contributed by atoms with van der Waals surface area (Å²) >= 11 is 1.37. The maximum atomic E-state index is 12.1. The third-order valence-corrected chi connectivity index (χ3v) is 5.23. The van der Waals surface area contributed by atoms with E-state index >= 15 is 0 Å². The van der Waals surface area contributed by atoms with E-state index in [1.54, 1.807) is 12.3 Å². The van der Waals surface area contributed by atoms with Crippen LogP contribution in [0.1, 0.15) is 24.3 Å². The summed E-state index contributed by atoms with van der Waals surface area (Å²) < 4.78 is 32.1. The lowest BCUT2D eigenvalue weighted by atomic mass is 10.3. The van der Waals surface area contributed by atoms with Gasteiger partial charge in [-0.2, -0.15) is 0 Å². The monoisotopic (exact) mass is 292 g/mol. The van der Waals surface area contributed by atoms with Crippen LogP contribution in [0.3, 0.4) is 0 Å². The fourth-order valence-corrected chi connectivity index (χ4v) is 4.24. The van der Waals surface area contributed by atoms with E-state index < -0.39 is 10.0 Å². The van der Waals surface area contributed by atoms with Crippen LogP contribution >= 0.6 is 11.3 Å². The summed E-state index contributed by atoms with van der Waals surface area (Å²) in [6.07, 6.45) is 0.0944. The van der Waals surface area contributed by atoms with Gasteiger partial charge in [0.15, 0.2) is 0 Å². The van der Waals surface area contributed by atoms with E-state index in [9.17, 15) is 8.42 Å². The molecule has 0 radical (unpaired) electrons. The molecule has 1 rings (SSSR count). The number of nitrogens with one attached hydrogen (secondary N) is 1. The highest BCUT2D eigenvalue weighted by Gasteiger charge is 2.21. The molecule has 0 saturated heterocycles. The molecule has 0 atom stereocenters. The number of aryl methyl sites for hydroxylation is 1. The molecule has 0 unspecified atom stereocenters. The van der Waals surface area contributed by atoms with Gasteiger partial charge in [-0.25, -0.2) is 13.1 Å². The van der Waals surface area contributed by atoms with Crippen molar-refractivity contribution in [2.75, 3.05) is 13.2 Å². The highest BCUT2D eigenvalue weighted by molar-refractivity contribution is 7.89. The van der Waals surface area contributed by atoms with Gasteiger partial charge in [0.1, 0.15) is 4.90 Å². The first kappa shape index (κ1) is 15.6. The number of thiophene rings is 1. The Labute approximate surface area is 112 Å². The van der Waals surface area contributed by atoms with E-state index in [2.05, 4.69) is 4.72 Å². The Morgan fingerprint density at radius 3 is 2.72 bits per heavy atom. The second-order valence-corrected chi connectivity index (χ2v) is 6.86. The topological polar surface area (TPSA) is 81.4 Å². The van der Waals surface area contributed by atoms with Crippen molar-refractivity contribution in [3.63, 3.8) is 0 Å². The Bertz CT molecular complexity index is 480. The molecular formula is C11H20N2O3S2. The van der Waals surface area contributed by atoms with E-state index in [-0.39, 0.29) is 19.2 Å². The molecule has 1 aromatic heterocycles. The Hall–Kier alpha value is -0.470. The van der Waals surface area contributed by atoms with E-state index in [0.29, 0.717) is 16.4 Å². The van der Waals surface area contributed by atoms with Crippen LogP contribution in [0, 0.1) is 6.92 Å². The standard InChI is InChI=1S/C11H20N2O3S2/c1-8(2)16-5-4-13-18(14,15)11-9(3)7-17-10(11)6-12/h7-8,13H,4-6,12H2,1-3H3. The van der Waals surface area contributed by atoms with Crippen LogP contribution in [0.25, 0.3) is 0 Å². The molecular weight excluding hydrogens is 272 g/mol.